The van der Waals surface area contributed by atoms with Crippen LogP contribution in [0.3, 0.4) is 0 Å². The fourth-order valence-corrected chi connectivity index (χ4v) is 5.05. The molecule has 0 aliphatic carbocycles. The minimum absolute atomic E-state index is 0.0171. The van der Waals surface area contributed by atoms with Gasteiger partial charge in [-0.2, -0.15) is 8.42 Å². The van der Waals surface area contributed by atoms with Crippen molar-refractivity contribution < 1.29 is 45.9 Å². The van der Waals surface area contributed by atoms with Crippen LogP contribution in [0.15, 0.2) is 0 Å². The average molecular weight is 455 g/mol. The average Bonchev–Trinajstić information content (AvgIpc) is 2.47. The SMILES string of the molecule is O=P(O)(O)C(CNCCCCCCCCCCCOS(=O)(=O)O)P(=O)(O)O. The molecule has 0 aliphatic rings. The monoisotopic (exact) mass is 455 g/mol. The summed E-state index contributed by atoms with van der Waals surface area (Å²) in [4.78, 5) is 35.9. The number of hydrogen-bond acceptors (Lipinski definition) is 6. The van der Waals surface area contributed by atoms with Crippen molar-refractivity contribution in [3.8, 4) is 0 Å². The van der Waals surface area contributed by atoms with E-state index < -0.39 is 37.5 Å². The van der Waals surface area contributed by atoms with E-state index >= 15 is 0 Å². The minimum Gasteiger partial charge on any atom is -0.324 e. The first-order valence-corrected chi connectivity index (χ1v) is 13.5. The molecule has 0 rings (SSSR count). The summed E-state index contributed by atoms with van der Waals surface area (Å²) in [6.07, 6.45) is 8.01. The first-order chi connectivity index (χ1) is 12.3. The normalized spacial score (nSPS) is 13.4. The van der Waals surface area contributed by atoms with Crippen LogP contribution in [0.1, 0.15) is 57.8 Å². The first kappa shape index (κ1) is 27.1. The molecule has 0 saturated heterocycles. The van der Waals surface area contributed by atoms with Crippen molar-refractivity contribution in [3.05, 3.63) is 0 Å². The molecule has 6 N–H and O–H groups in total. The Balaban J connectivity index is 3.53. The van der Waals surface area contributed by atoms with E-state index in [2.05, 4.69) is 9.50 Å². The molecule has 0 aromatic rings. The van der Waals surface area contributed by atoms with Crippen molar-refractivity contribution >= 4 is 25.6 Å². The molecule has 0 spiro atoms. The summed E-state index contributed by atoms with van der Waals surface area (Å²) in [7, 11) is -14.1. The fourth-order valence-electron chi connectivity index (χ4n) is 2.42. The third kappa shape index (κ3) is 16.8. The van der Waals surface area contributed by atoms with E-state index in [1.54, 1.807) is 0 Å². The predicted octanol–water partition coefficient (Wildman–Crippen LogP) is 1.59. The molecule has 0 aromatic carbocycles. The summed E-state index contributed by atoms with van der Waals surface area (Å²) in [6.45, 7) is -0.0309. The lowest BCUT2D eigenvalue weighted by Crippen LogP contribution is -2.27. The van der Waals surface area contributed by atoms with Gasteiger partial charge >= 0.3 is 25.6 Å². The summed E-state index contributed by atoms with van der Waals surface area (Å²) in [6, 6.07) is 0. The van der Waals surface area contributed by atoms with Gasteiger partial charge in [-0.25, -0.2) is 4.18 Å². The first-order valence-electron chi connectivity index (χ1n) is 8.77. The topological polar surface area (TPSA) is 191 Å². The molecule has 0 heterocycles. The molecule has 27 heavy (non-hydrogen) atoms. The largest absolute Gasteiger partial charge is 0.397 e. The van der Waals surface area contributed by atoms with Gasteiger partial charge < -0.3 is 24.9 Å². The second-order valence-corrected chi connectivity index (χ2v) is 11.4. The number of unbranched alkanes of at least 4 members (excludes halogenated alkanes) is 8. The van der Waals surface area contributed by atoms with Crippen LogP contribution < -0.4 is 5.32 Å². The van der Waals surface area contributed by atoms with Crippen molar-refractivity contribution in [2.75, 3.05) is 19.7 Å². The molecule has 0 unspecified atom stereocenters. The zero-order chi connectivity index (χ0) is 21.0. The lowest BCUT2D eigenvalue weighted by atomic mass is 10.1. The molecule has 0 atom stereocenters. The van der Waals surface area contributed by atoms with Gasteiger partial charge in [-0.1, -0.05) is 44.9 Å². The summed E-state index contributed by atoms with van der Waals surface area (Å²) >= 11 is 0. The standard InChI is InChI=1S/C13H31NO10P2S/c15-25(16,17)13(26(18,19)20)12-14-10-8-6-4-2-1-3-5-7-9-11-24-27(21,22)23/h13-14H,1-12H2,(H2,15,16,17)(H2,18,19,20)(H,21,22,23). The van der Waals surface area contributed by atoms with E-state index in [1.807, 2.05) is 0 Å². The van der Waals surface area contributed by atoms with Gasteiger partial charge in [0.15, 0.2) is 5.40 Å². The molecule has 164 valence electrons. The van der Waals surface area contributed by atoms with Gasteiger partial charge in [-0.3, -0.25) is 13.7 Å². The molecule has 11 nitrogen and oxygen atoms in total. The molecule has 0 amide bonds. The molecule has 0 bridgehead atoms. The molecular weight excluding hydrogens is 424 g/mol. The zero-order valence-electron chi connectivity index (χ0n) is 15.1. The highest BCUT2D eigenvalue weighted by molar-refractivity contribution is 7.80. The van der Waals surface area contributed by atoms with Crippen molar-refractivity contribution in [1.82, 2.24) is 5.32 Å². The number of nitrogens with one attached hydrogen (secondary N) is 1. The lowest BCUT2D eigenvalue weighted by molar-refractivity contribution is 0.261. The Labute approximate surface area is 160 Å². The van der Waals surface area contributed by atoms with Crippen LogP contribution in [-0.4, -0.2) is 57.6 Å². The van der Waals surface area contributed by atoms with Gasteiger partial charge in [-0.15, -0.1) is 0 Å². The predicted molar refractivity (Wildman–Crippen MR) is 99.8 cm³/mol. The van der Waals surface area contributed by atoms with Gasteiger partial charge in [0.1, 0.15) is 0 Å². The van der Waals surface area contributed by atoms with Crippen molar-refractivity contribution in [2.24, 2.45) is 0 Å². The van der Waals surface area contributed by atoms with Crippen molar-refractivity contribution in [2.45, 2.75) is 63.2 Å². The Morgan fingerprint density at radius 1 is 0.778 bits per heavy atom. The van der Waals surface area contributed by atoms with E-state index in [4.69, 9.17) is 24.1 Å². The van der Waals surface area contributed by atoms with E-state index in [9.17, 15) is 17.5 Å². The smallest absolute Gasteiger partial charge is 0.324 e. The third-order valence-corrected chi connectivity index (χ3v) is 8.02. The van der Waals surface area contributed by atoms with Crippen LogP contribution in [0.5, 0.6) is 0 Å². The zero-order valence-corrected chi connectivity index (χ0v) is 17.7. The molecule has 0 aliphatic heterocycles. The Kier molecular flexibility index (Phi) is 13.4. The second kappa shape index (κ2) is 13.4. The van der Waals surface area contributed by atoms with Gasteiger partial charge in [0, 0.05) is 6.54 Å². The van der Waals surface area contributed by atoms with E-state index in [1.165, 1.54) is 0 Å². The Morgan fingerprint density at radius 2 is 1.19 bits per heavy atom. The van der Waals surface area contributed by atoms with Crippen molar-refractivity contribution in [3.63, 3.8) is 0 Å². The second-order valence-electron chi connectivity index (χ2n) is 6.29. The maximum absolute atomic E-state index is 11.1. The highest BCUT2D eigenvalue weighted by atomic mass is 32.3. The Bertz CT molecular complexity index is 566. The Hall–Kier alpha value is 0.130. The molecule has 0 saturated carbocycles. The van der Waals surface area contributed by atoms with E-state index in [0.717, 1.165) is 51.4 Å². The summed E-state index contributed by atoms with van der Waals surface area (Å²) in [5.41, 5.74) is 0. The van der Waals surface area contributed by atoms with Gasteiger partial charge in [0.05, 0.1) is 6.61 Å². The van der Waals surface area contributed by atoms with Crippen LogP contribution in [0, 0.1) is 0 Å². The molecular formula is C13H31NO10P2S. The van der Waals surface area contributed by atoms with Crippen LogP contribution in [0.4, 0.5) is 0 Å². The number of hydrogen-bond donors (Lipinski definition) is 6. The highest BCUT2D eigenvalue weighted by Crippen LogP contribution is 2.59. The molecule has 0 fully saturated rings. The van der Waals surface area contributed by atoms with Crippen LogP contribution in [0.25, 0.3) is 0 Å². The third-order valence-electron chi connectivity index (χ3n) is 3.83. The van der Waals surface area contributed by atoms with E-state index in [0.29, 0.717) is 13.0 Å². The summed E-state index contributed by atoms with van der Waals surface area (Å²) in [5, 5.41) is 0.676. The van der Waals surface area contributed by atoms with Crippen molar-refractivity contribution in [1.29, 1.82) is 0 Å². The van der Waals surface area contributed by atoms with Gasteiger partial charge in [-0.05, 0) is 19.4 Å². The molecule has 0 radical (unpaired) electrons. The van der Waals surface area contributed by atoms with Crippen LogP contribution in [0.2, 0.25) is 0 Å². The Morgan fingerprint density at radius 3 is 1.59 bits per heavy atom. The summed E-state index contributed by atoms with van der Waals surface area (Å²) in [5.74, 6) is 0. The van der Waals surface area contributed by atoms with Gasteiger partial charge in [0.2, 0.25) is 0 Å². The van der Waals surface area contributed by atoms with Crippen LogP contribution >= 0.6 is 15.2 Å². The minimum atomic E-state index is -4.87. The number of rotatable bonds is 17. The van der Waals surface area contributed by atoms with Gasteiger partial charge in [0.25, 0.3) is 0 Å². The highest BCUT2D eigenvalue weighted by Gasteiger charge is 2.42. The summed E-state index contributed by atoms with van der Waals surface area (Å²) < 4.78 is 55.4. The fraction of sp³-hybridized carbons (Fsp3) is 1.00. The van der Waals surface area contributed by atoms with Crippen LogP contribution in [-0.2, 0) is 23.7 Å². The van der Waals surface area contributed by atoms with E-state index in [-0.39, 0.29) is 6.61 Å². The molecule has 14 heteroatoms. The maximum atomic E-state index is 11.1. The lowest BCUT2D eigenvalue weighted by Gasteiger charge is -2.19. The molecule has 0 aromatic heterocycles. The quantitative estimate of drug-likeness (QED) is 0.106. The maximum Gasteiger partial charge on any atom is 0.397 e.